The third-order valence-electron chi connectivity index (χ3n) is 7.07. The first-order valence-corrected chi connectivity index (χ1v) is 13.1. The molecule has 1 aromatic carbocycles. The van der Waals surface area contributed by atoms with E-state index in [2.05, 4.69) is 20.1 Å². The van der Waals surface area contributed by atoms with Gasteiger partial charge >= 0.3 is 6.09 Å². The Morgan fingerprint density at radius 3 is 2.50 bits per heavy atom. The lowest BCUT2D eigenvalue weighted by molar-refractivity contribution is -0.226. The normalized spacial score (nSPS) is 24.1. The van der Waals surface area contributed by atoms with E-state index in [1.807, 2.05) is 27.7 Å². The molecule has 11 heteroatoms. The molecule has 1 N–H and O–H groups in total. The molecule has 1 aromatic heterocycles. The second kappa shape index (κ2) is 10.2. The number of anilines is 2. The summed E-state index contributed by atoms with van der Waals surface area (Å²) < 4.78 is 24.3. The van der Waals surface area contributed by atoms with Crippen LogP contribution >= 0.6 is 11.6 Å². The molecule has 1 spiro atoms. The molecule has 2 atom stereocenters. The fraction of sp³-hybridized carbons (Fsp3) is 0.556. The van der Waals surface area contributed by atoms with Crippen molar-refractivity contribution in [3.05, 3.63) is 46.5 Å². The van der Waals surface area contributed by atoms with Crippen LogP contribution in [-0.4, -0.2) is 64.8 Å². The SMILES string of the molecule is [C-]#[N+]c1ccc(Nc2ncnc(OC3C4CN(C(=O)OC(C)(C)C)CC3CC3(C4)OCCO3)c2C)c(Cl)c1. The van der Waals surface area contributed by atoms with E-state index in [9.17, 15) is 4.79 Å². The summed E-state index contributed by atoms with van der Waals surface area (Å²) in [7, 11) is 0. The van der Waals surface area contributed by atoms with Crippen LogP contribution < -0.4 is 10.1 Å². The molecule has 38 heavy (non-hydrogen) atoms. The Bertz CT molecular complexity index is 1240. The number of nitrogens with one attached hydrogen (secondary N) is 1. The molecule has 1 saturated carbocycles. The van der Waals surface area contributed by atoms with Crippen LogP contribution in [0.25, 0.3) is 4.85 Å². The van der Waals surface area contributed by atoms with E-state index in [1.165, 1.54) is 6.33 Å². The third kappa shape index (κ3) is 5.51. The number of aromatic nitrogens is 2. The van der Waals surface area contributed by atoms with E-state index in [1.54, 1.807) is 23.1 Å². The zero-order valence-corrected chi connectivity index (χ0v) is 22.7. The minimum absolute atomic E-state index is 0.0329. The quantitative estimate of drug-likeness (QED) is 0.506. The maximum atomic E-state index is 12.9. The average Bonchev–Trinajstić information content (AvgIpc) is 3.29. The predicted octanol–water partition coefficient (Wildman–Crippen LogP) is 5.50. The van der Waals surface area contributed by atoms with Crippen LogP contribution in [0.3, 0.4) is 0 Å². The largest absolute Gasteiger partial charge is 0.473 e. The molecular weight excluding hydrogens is 510 g/mol. The number of carbonyl (C=O) groups excluding carboxylic acids is 1. The van der Waals surface area contributed by atoms with Crippen molar-refractivity contribution in [3.63, 3.8) is 0 Å². The summed E-state index contributed by atoms with van der Waals surface area (Å²) in [6.45, 7) is 16.7. The van der Waals surface area contributed by atoms with Gasteiger partial charge in [0.05, 0.1) is 36.1 Å². The van der Waals surface area contributed by atoms with E-state index in [0.717, 1.165) is 5.56 Å². The first-order valence-electron chi connectivity index (χ1n) is 12.7. The number of piperidine rings is 1. The Labute approximate surface area is 227 Å². The van der Waals surface area contributed by atoms with E-state index < -0.39 is 11.4 Å². The summed E-state index contributed by atoms with van der Waals surface area (Å²) in [5, 5.41) is 3.65. The Hall–Kier alpha value is -3.13. The number of nitrogens with zero attached hydrogens (tertiary/aromatic N) is 4. The highest BCUT2D eigenvalue weighted by atomic mass is 35.5. The molecule has 5 rings (SSSR count). The highest BCUT2D eigenvalue weighted by molar-refractivity contribution is 6.33. The fourth-order valence-corrected chi connectivity index (χ4v) is 5.71. The molecule has 10 nitrogen and oxygen atoms in total. The second-order valence-corrected chi connectivity index (χ2v) is 11.5. The minimum atomic E-state index is -0.628. The second-order valence-electron chi connectivity index (χ2n) is 11.1. The lowest BCUT2D eigenvalue weighted by Gasteiger charge is -2.51. The number of benzene rings is 1. The summed E-state index contributed by atoms with van der Waals surface area (Å²) in [4.78, 5) is 26.9. The molecule has 3 heterocycles. The molecule has 1 amide bonds. The van der Waals surface area contributed by atoms with Crippen LogP contribution in [0.5, 0.6) is 5.88 Å². The van der Waals surface area contributed by atoms with Gasteiger partial charge in [-0.1, -0.05) is 17.7 Å². The van der Waals surface area contributed by atoms with Crippen molar-refractivity contribution in [1.29, 1.82) is 0 Å². The molecule has 1 aliphatic carbocycles. The number of halogens is 1. The van der Waals surface area contributed by atoms with E-state index >= 15 is 0 Å². The number of carbonyl (C=O) groups is 1. The van der Waals surface area contributed by atoms with Gasteiger partial charge in [0.15, 0.2) is 11.5 Å². The third-order valence-corrected chi connectivity index (χ3v) is 7.38. The molecule has 202 valence electrons. The summed E-state index contributed by atoms with van der Waals surface area (Å²) in [5.74, 6) is 0.328. The van der Waals surface area contributed by atoms with Crippen molar-refractivity contribution < 1.29 is 23.7 Å². The van der Waals surface area contributed by atoms with Gasteiger partial charge < -0.3 is 29.2 Å². The van der Waals surface area contributed by atoms with E-state index in [0.29, 0.717) is 67.2 Å². The van der Waals surface area contributed by atoms with Gasteiger partial charge in [-0.25, -0.2) is 19.6 Å². The van der Waals surface area contributed by atoms with Crippen molar-refractivity contribution in [1.82, 2.24) is 14.9 Å². The number of ether oxygens (including phenoxy) is 4. The number of rotatable bonds is 4. The molecule has 2 bridgehead atoms. The van der Waals surface area contributed by atoms with E-state index in [-0.39, 0.29) is 24.0 Å². The zero-order valence-electron chi connectivity index (χ0n) is 22.0. The summed E-state index contributed by atoms with van der Waals surface area (Å²) >= 11 is 6.36. The van der Waals surface area contributed by atoms with Gasteiger partial charge in [0.2, 0.25) is 5.88 Å². The smallest absolute Gasteiger partial charge is 0.410 e. The molecular formula is C27H32ClN5O5. The van der Waals surface area contributed by atoms with Gasteiger partial charge in [0.1, 0.15) is 23.9 Å². The van der Waals surface area contributed by atoms with Crippen LogP contribution in [0.1, 0.15) is 39.2 Å². The lowest BCUT2D eigenvalue weighted by Crippen LogP contribution is -2.61. The monoisotopic (exact) mass is 541 g/mol. The number of hydrogen-bond acceptors (Lipinski definition) is 8. The Kier molecular flexibility index (Phi) is 7.11. The topological polar surface area (TPSA) is 99.4 Å². The molecule has 2 unspecified atom stereocenters. The standard InChI is InChI=1S/C27H32ClN5O5/c1-16-23(32-21-7-6-19(29-5)10-20(21)28)30-15-31-24(16)37-22-17-11-27(35-8-9-36-27)12-18(22)14-33(13-17)25(34)38-26(2,3)4/h6-7,10,15,17-18,22H,8-9,11-14H2,1-4H3,(H,30,31,32). The van der Waals surface area contributed by atoms with Gasteiger partial charge in [-0.2, -0.15) is 0 Å². The lowest BCUT2D eigenvalue weighted by atomic mass is 9.72. The summed E-state index contributed by atoms with van der Waals surface area (Å²) in [6.07, 6.45) is 2.18. The minimum Gasteiger partial charge on any atom is -0.473 e. The molecule has 0 radical (unpaired) electrons. The highest BCUT2D eigenvalue weighted by Gasteiger charge is 2.54. The highest BCUT2D eigenvalue weighted by Crippen LogP contribution is 2.46. The first kappa shape index (κ1) is 26.5. The Morgan fingerprint density at radius 1 is 1.21 bits per heavy atom. The van der Waals surface area contributed by atoms with Crippen LogP contribution in [0, 0.1) is 25.3 Å². The molecule has 3 aliphatic rings. The zero-order chi connectivity index (χ0) is 27.1. The summed E-state index contributed by atoms with van der Waals surface area (Å²) in [6, 6.07) is 5.04. The fourth-order valence-electron chi connectivity index (χ4n) is 5.49. The van der Waals surface area contributed by atoms with Crippen LogP contribution in [-0.2, 0) is 14.2 Å². The van der Waals surface area contributed by atoms with Gasteiger partial charge in [0, 0.05) is 37.8 Å². The molecule has 2 aromatic rings. The summed E-state index contributed by atoms with van der Waals surface area (Å²) in [5.41, 5.74) is 1.25. The molecule has 2 aliphatic heterocycles. The molecule has 3 fully saturated rings. The maximum Gasteiger partial charge on any atom is 0.410 e. The van der Waals surface area contributed by atoms with Crippen LogP contribution in [0.4, 0.5) is 22.0 Å². The maximum absolute atomic E-state index is 12.9. The van der Waals surface area contributed by atoms with Gasteiger partial charge in [-0.05, 0) is 39.8 Å². The van der Waals surface area contributed by atoms with Crippen molar-refractivity contribution in [2.24, 2.45) is 11.8 Å². The van der Waals surface area contributed by atoms with E-state index in [4.69, 9.17) is 37.1 Å². The van der Waals surface area contributed by atoms with Crippen molar-refractivity contribution in [3.8, 4) is 5.88 Å². The first-order chi connectivity index (χ1) is 18.1. The Balaban J connectivity index is 1.36. The predicted molar refractivity (Wildman–Crippen MR) is 141 cm³/mol. The number of likely N-dealkylation sites (tertiary alicyclic amines) is 1. The Morgan fingerprint density at radius 2 is 1.89 bits per heavy atom. The van der Waals surface area contributed by atoms with Crippen molar-refractivity contribution >= 4 is 34.9 Å². The average molecular weight is 542 g/mol. The van der Waals surface area contributed by atoms with Crippen molar-refractivity contribution in [2.75, 3.05) is 31.6 Å². The number of hydrogen-bond donors (Lipinski definition) is 1. The van der Waals surface area contributed by atoms with Gasteiger partial charge in [-0.15, -0.1) is 0 Å². The van der Waals surface area contributed by atoms with Gasteiger partial charge in [0.25, 0.3) is 0 Å². The van der Waals surface area contributed by atoms with Crippen molar-refractivity contribution in [2.45, 2.75) is 58.0 Å². The number of fused-ring (bicyclic) bond motifs is 2. The number of amides is 1. The van der Waals surface area contributed by atoms with Crippen LogP contribution in [0.2, 0.25) is 5.02 Å². The van der Waals surface area contributed by atoms with Gasteiger partial charge in [-0.3, -0.25) is 0 Å². The molecule has 2 saturated heterocycles. The van der Waals surface area contributed by atoms with Crippen LogP contribution in [0.15, 0.2) is 24.5 Å².